The molecule has 25 heavy (non-hydrogen) atoms. The molecule has 0 radical (unpaired) electrons. The van der Waals surface area contributed by atoms with Crippen LogP contribution in [0.2, 0.25) is 0 Å². The number of rotatable bonds is 4. The Labute approximate surface area is 145 Å². The van der Waals surface area contributed by atoms with Gasteiger partial charge in [-0.05, 0) is 18.6 Å². The fourth-order valence-electron chi connectivity index (χ4n) is 3.03. The maximum atomic E-state index is 12.6. The number of nitrogens with zero attached hydrogens (tertiary/aromatic N) is 3. The van der Waals surface area contributed by atoms with Crippen molar-refractivity contribution in [1.82, 2.24) is 15.2 Å². The first-order chi connectivity index (χ1) is 12.2. The zero-order valence-electron chi connectivity index (χ0n) is 14.0. The molecule has 2 aromatic rings. The average Bonchev–Trinajstić information content (AvgIpc) is 3.13. The molecular formula is C18H20N4O3. The molecule has 130 valence electrons. The van der Waals surface area contributed by atoms with Gasteiger partial charge in [-0.15, -0.1) is 0 Å². The van der Waals surface area contributed by atoms with E-state index in [0.717, 1.165) is 12.8 Å². The Morgan fingerprint density at radius 1 is 1.36 bits per heavy atom. The van der Waals surface area contributed by atoms with Crippen molar-refractivity contribution in [1.29, 1.82) is 0 Å². The first-order valence-corrected chi connectivity index (χ1v) is 8.18. The highest BCUT2D eigenvalue weighted by atomic mass is 16.3. The van der Waals surface area contributed by atoms with E-state index < -0.39 is 18.6 Å². The highest BCUT2D eigenvalue weighted by Crippen LogP contribution is 2.17. The van der Waals surface area contributed by atoms with Gasteiger partial charge in [0, 0.05) is 31.6 Å². The highest BCUT2D eigenvalue weighted by Gasteiger charge is 2.31. The Morgan fingerprint density at radius 2 is 2.16 bits per heavy atom. The molecule has 2 amide bonds. The predicted octanol–water partition coefficient (Wildman–Crippen LogP) is 0.976. The fourth-order valence-corrected chi connectivity index (χ4v) is 3.03. The summed E-state index contributed by atoms with van der Waals surface area (Å²) in [5, 5.41) is 12.9. The number of pyridine rings is 1. The third-order valence-corrected chi connectivity index (χ3v) is 4.30. The largest absolute Gasteiger partial charge is 0.394 e. The van der Waals surface area contributed by atoms with E-state index in [4.69, 9.17) is 0 Å². The highest BCUT2D eigenvalue weighted by molar-refractivity contribution is 6.08. The van der Waals surface area contributed by atoms with Crippen molar-refractivity contribution in [2.24, 2.45) is 4.99 Å². The van der Waals surface area contributed by atoms with Gasteiger partial charge < -0.3 is 10.4 Å². The minimum Gasteiger partial charge on any atom is -0.394 e. The van der Waals surface area contributed by atoms with Crippen molar-refractivity contribution in [3.05, 3.63) is 42.1 Å². The molecule has 3 rings (SSSR count). The molecule has 0 bridgehead atoms. The second kappa shape index (κ2) is 7.40. The first-order valence-electron chi connectivity index (χ1n) is 8.18. The van der Waals surface area contributed by atoms with Gasteiger partial charge in [-0.25, -0.2) is 0 Å². The Bertz CT molecular complexity index is 829. The summed E-state index contributed by atoms with van der Waals surface area (Å²) in [5.41, 5.74) is 1.12. The number of likely N-dealkylation sites (tertiary alicyclic amines) is 1. The molecule has 1 atom stereocenters. The average molecular weight is 340 g/mol. The van der Waals surface area contributed by atoms with Crippen LogP contribution < -0.4 is 5.32 Å². The lowest BCUT2D eigenvalue weighted by Gasteiger charge is -2.23. The van der Waals surface area contributed by atoms with Crippen molar-refractivity contribution >= 4 is 28.6 Å². The lowest BCUT2D eigenvalue weighted by atomic mass is 10.1. The molecule has 0 unspecified atom stereocenters. The number of para-hydroxylation sites is 1. The van der Waals surface area contributed by atoms with Crippen LogP contribution in [0.4, 0.5) is 0 Å². The number of aliphatic imine (C=N–C) groups is 1. The van der Waals surface area contributed by atoms with E-state index in [-0.39, 0.29) is 5.91 Å². The summed E-state index contributed by atoms with van der Waals surface area (Å²) in [6, 6.07) is 7.88. The van der Waals surface area contributed by atoms with Crippen LogP contribution in [0.5, 0.6) is 0 Å². The lowest BCUT2D eigenvalue weighted by Crippen LogP contribution is -2.51. The number of aliphatic hydroxyl groups is 1. The molecule has 1 saturated heterocycles. The molecule has 2 N–H and O–H groups in total. The van der Waals surface area contributed by atoms with Crippen molar-refractivity contribution in [2.75, 3.05) is 20.2 Å². The summed E-state index contributed by atoms with van der Waals surface area (Å²) in [5.74, 6) is -0.0699. The Morgan fingerprint density at radius 3 is 2.92 bits per heavy atom. The number of amidine groups is 1. The second-order valence-corrected chi connectivity index (χ2v) is 5.82. The standard InChI is InChI=1S/C18H20N4O3/c1-19-16-7-4-10-22(16)18(25)15(11-23)21-17(24)13-8-9-20-14-6-3-2-5-12(13)14/h2-3,5-6,8-9,15,23H,4,7,10-11H2,1H3,(H,21,24)/t15-/m1/s1. The molecule has 1 aromatic heterocycles. The molecule has 7 heteroatoms. The number of amides is 2. The van der Waals surface area contributed by atoms with Gasteiger partial charge in [0.2, 0.25) is 0 Å². The number of hydrogen-bond donors (Lipinski definition) is 2. The Balaban J connectivity index is 1.81. The van der Waals surface area contributed by atoms with Crippen LogP contribution in [0.1, 0.15) is 23.2 Å². The van der Waals surface area contributed by atoms with Crippen molar-refractivity contribution in [3.63, 3.8) is 0 Å². The van der Waals surface area contributed by atoms with Crippen LogP contribution in [0.25, 0.3) is 10.9 Å². The van der Waals surface area contributed by atoms with E-state index >= 15 is 0 Å². The normalized spacial score (nSPS) is 17.0. The summed E-state index contributed by atoms with van der Waals surface area (Å²) in [4.78, 5) is 35.1. The molecular weight excluding hydrogens is 320 g/mol. The molecule has 1 aliphatic heterocycles. The Hall–Kier alpha value is -2.80. The Kier molecular flexibility index (Phi) is 5.04. The van der Waals surface area contributed by atoms with Crippen molar-refractivity contribution < 1.29 is 14.7 Å². The maximum Gasteiger partial charge on any atom is 0.252 e. The third-order valence-electron chi connectivity index (χ3n) is 4.30. The van der Waals surface area contributed by atoms with Crippen molar-refractivity contribution in [3.8, 4) is 0 Å². The molecule has 2 heterocycles. The number of carbonyl (C=O) groups excluding carboxylic acids is 2. The summed E-state index contributed by atoms with van der Waals surface area (Å²) in [6.07, 6.45) is 3.11. The summed E-state index contributed by atoms with van der Waals surface area (Å²) < 4.78 is 0. The van der Waals surface area contributed by atoms with E-state index in [2.05, 4.69) is 15.3 Å². The summed E-state index contributed by atoms with van der Waals surface area (Å²) in [6.45, 7) is 0.0805. The maximum absolute atomic E-state index is 12.6. The van der Waals surface area contributed by atoms with E-state index in [1.807, 2.05) is 18.2 Å². The number of nitrogens with one attached hydrogen (secondary N) is 1. The smallest absolute Gasteiger partial charge is 0.252 e. The van der Waals surface area contributed by atoms with Crippen LogP contribution in [0, 0.1) is 0 Å². The molecule has 0 spiro atoms. The molecule has 7 nitrogen and oxygen atoms in total. The van der Waals surface area contributed by atoms with Crippen LogP contribution in [0.3, 0.4) is 0 Å². The molecule has 0 aliphatic carbocycles. The molecule has 0 saturated carbocycles. The third kappa shape index (κ3) is 3.36. The number of benzene rings is 1. The van der Waals surface area contributed by atoms with Gasteiger partial charge in [0.15, 0.2) is 0 Å². The summed E-state index contributed by atoms with van der Waals surface area (Å²) >= 11 is 0. The van der Waals surface area contributed by atoms with Crippen LogP contribution in [-0.4, -0.2) is 58.9 Å². The number of carbonyl (C=O) groups is 2. The van der Waals surface area contributed by atoms with Gasteiger partial charge in [-0.1, -0.05) is 18.2 Å². The minimum atomic E-state index is -1.01. The van der Waals surface area contributed by atoms with Gasteiger partial charge in [-0.3, -0.25) is 24.5 Å². The molecule has 1 aromatic carbocycles. The number of fused-ring (bicyclic) bond motifs is 1. The monoisotopic (exact) mass is 340 g/mol. The quantitative estimate of drug-likeness (QED) is 0.867. The first kappa shape index (κ1) is 17.0. The van der Waals surface area contributed by atoms with Gasteiger partial charge in [0.1, 0.15) is 11.9 Å². The van der Waals surface area contributed by atoms with Crippen molar-refractivity contribution in [2.45, 2.75) is 18.9 Å². The SMILES string of the molecule is CN=C1CCCN1C(=O)[C@@H](CO)NC(=O)c1ccnc2ccccc12. The van der Waals surface area contributed by atoms with Gasteiger partial charge in [0.25, 0.3) is 11.8 Å². The van der Waals surface area contributed by atoms with Gasteiger partial charge in [0.05, 0.1) is 17.7 Å². The number of hydrogen-bond acceptors (Lipinski definition) is 5. The van der Waals surface area contributed by atoms with E-state index in [1.165, 1.54) is 4.90 Å². The van der Waals surface area contributed by atoms with Crippen LogP contribution >= 0.6 is 0 Å². The van der Waals surface area contributed by atoms with E-state index in [9.17, 15) is 14.7 Å². The van der Waals surface area contributed by atoms with Gasteiger partial charge in [-0.2, -0.15) is 0 Å². The van der Waals surface area contributed by atoms with E-state index in [1.54, 1.807) is 25.4 Å². The summed E-state index contributed by atoms with van der Waals surface area (Å²) in [7, 11) is 1.64. The molecule has 1 aliphatic rings. The molecule has 1 fully saturated rings. The zero-order chi connectivity index (χ0) is 17.8. The second-order valence-electron chi connectivity index (χ2n) is 5.82. The minimum absolute atomic E-state index is 0.340. The lowest BCUT2D eigenvalue weighted by molar-refractivity contribution is -0.129. The number of aromatic nitrogens is 1. The topological polar surface area (TPSA) is 94.9 Å². The van der Waals surface area contributed by atoms with Gasteiger partial charge >= 0.3 is 0 Å². The van der Waals surface area contributed by atoms with Crippen LogP contribution in [0.15, 0.2) is 41.5 Å². The predicted molar refractivity (Wildman–Crippen MR) is 94.4 cm³/mol. The fraction of sp³-hybridized carbons (Fsp3) is 0.333. The van der Waals surface area contributed by atoms with Crippen LogP contribution in [-0.2, 0) is 4.79 Å². The number of aliphatic hydroxyl groups excluding tert-OH is 1. The zero-order valence-corrected chi connectivity index (χ0v) is 14.0. The van der Waals surface area contributed by atoms with E-state index in [0.29, 0.717) is 28.8 Å².